The van der Waals surface area contributed by atoms with Gasteiger partial charge >= 0.3 is 0 Å². The lowest BCUT2D eigenvalue weighted by Crippen LogP contribution is -2.20. The number of aryl methyl sites for hydroxylation is 1. The Bertz CT molecular complexity index is 1430. The summed E-state index contributed by atoms with van der Waals surface area (Å²) in [6.07, 6.45) is 1.35. The second-order valence-electron chi connectivity index (χ2n) is 8.03. The molecule has 0 saturated heterocycles. The number of hydrogen-bond donors (Lipinski definition) is 1. The van der Waals surface area contributed by atoms with Crippen LogP contribution in [0.4, 0.5) is 10.2 Å². The Morgan fingerprint density at radius 1 is 1.19 bits per heavy atom. The molecule has 3 heterocycles. The van der Waals surface area contributed by atoms with Crippen LogP contribution in [0, 0.1) is 24.1 Å². The van der Waals surface area contributed by atoms with Crippen LogP contribution in [0.15, 0.2) is 53.2 Å². The van der Waals surface area contributed by atoms with Gasteiger partial charge in [0.2, 0.25) is 17.6 Å². The highest BCUT2D eigenvalue weighted by molar-refractivity contribution is 6.03. The summed E-state index contributed by atoms with van der Waals surface area (Å²) in [6.45, 7) is 2.63. The van der Waals surface area contributed by atoms with E-state index in [4.69, 9.17) is 9.26 Å². The van der Waals surface area contributed by atoms with Crippen molar-refractivity contribution in [3.8, 4) is 34.6 Å². The molecule has 0 aliphatic heterocycles. The molecule has 0 radical (unpaired) electrons. The van der Waals surface area contributed by atoms with Crippen molar-refractivity contribution in [2.24, 2.45) is 0 Å². The number of amides is 1. The van der Waals surface area contributed by atoms with Gasteiger partial charge in [-0.25, -0.2) is 4.39 Å². The van der Waals surface area contributed by atoms with Crippen LogP contribution in [0.25, 0.3) is 22.6 Å². The van der Waals surface area contributed by atoms with Crippen LogP contribution in [0.3, 0.4) is 0 Å². The SMILES string of the molecule is Cc1nc(-c2ccc(-c3ccc(C(=O)Nc4ccc(C#N)c(OCCN(C)C)n4)cn3)c(F)c2)no1. The average Bonchev–Trinajstić information content (AvgIpc) is 3.30. The molecule has 0 aliphatic carbocycles. The third-order valence-electron chi connectivity index (χ3n) is 5.06. The van der Waals surface area contributed by atoms with Crippen LogP contribution >= 0.6 is 0 Å². The normalized spacial score (nSPS) is 10.8. The zero-order chi connectivity index (χ0) is 25.7. The maximum absolute atomic E-state index is 14.8. The summed E-state index contributed by atoms with van der Waals surface area (Å²) in [5.74, 6) is 0.0636. The molecule has 0 fully saturated rings. The van der Waals surface area contributed by atoms with Crippen LogP contribution in [0.5, 0.6) is 5.88 Å². The molecule has 1 amide bonds. The summed E-state index contributed by atoms with van der Waals surface area (Å²) in [4.78, 5) is 27.2. The van der Waals surface area contributed by atoms with Gasteiger partial charge in [-0.05, 0) is 50.5 Å². The number of carbonyl (C=O) groups excluding carboxylic acids is 1. The quantitative estimate of drug-likeness (QED) is 0.395. The minimum Gasteiger partial charge on any atom is -0.475 e. The fraction of sp³-hybridized carbons (Fsp3) is 0.200. The number of ether oxygens (including phenoxy) is 1. The summed E-state index contributed by atoms with van der Waals surface area (Å²) >= 11 is 0. The van der Waals surface area contributed by atoms with Gasteiger partial charge in [0.25, 0.3) is 5.91 Å². The van der Waals surface area contributed by atoms with E-state index in [-0.39, 0.29) is 28.4 Å². The van der Waals surface area contributed by atoms with Crippen molar-refractivity contribution in [2.75, 3.05) is 32.6 Å². The predicted molar refractivity (Wildman–Crippen MR) is 129 cm³/mol. The lowest BCUT2D eigenvalue weighted by Gasteiger charge is -2.12. The number of halogens is 1. The number of rotatable bonds is 8. The number of carbonyl (C=O) groups is 1. The van der Waals surface area contributed by atoms with Crippen molar-refractivity contribution in [3.05, 3.63) is 71.5 Å². The highest BCUT2D eigenvalue weighted by Gasteiger charge is 2.14. The maximum atomic E-state index is 14.8. The smallest absolute Gasteiger partial charge is 0.258 e. The largest absolute Gasteiger partial charge is 0.475 e. The Morgan fingerprint density at radius 2 is 2.03 bits per heavy atom. The van der Waals surface area contributed by atoms with Gasteiger partial charge < -0.3 is 19.5 Å². The number of nitrogens with one attached hydrogen (secondary N) is 1. The molecular formula is C25H22FN7O3. The molecule has 0 spiro atoms. The molecular weight excluding hydrogens is 465 g/mol. The van der Waals surface area contributed by atoms with Crippen molar-refractivity contribution in [2.45, 2.75) is 6.92 Å². The van der Waals surface area contributed by atoms with Crippen LogP contribution < -0.4 is 10.1 Å². The van der Waals surface area contributed by atoms with E-state index in [0.29, 0.717) is 36.1 Å². The monoisotopic (exact) mass is 487 g/mol. The first kappa shape index (κ1) is 24.4. The summed E-state index contributed by atoms with van der Waals surface area (Å²) < 4.78 is 25.3. The Morgan fingerprint density at radius 3 is 2.67 bits per heavy atom. The van der Waals surface area contributed by atoms with E-state index in [0.717, 1.165) is 0 Å². The minimum atomic E-state index is -0.511. The first-order chi connectivity index (χ1) is 17.3. The van der Waals surface area contributed by atoms with Crippen LogP contribution in [-0.4, -0.2) is 58.2 Å². The number of aromatic nitrogens is 4. The average molecular weight is 487 g/mol. The fourth-order valence-electron chi connectivity index (χ4n) is 3.18. The van der Waals surface area contributed by atoms with Gasteiger partial charge in [0.05, 0.1) is 11.3 Å². The van der Waals surface area contributed by atoms with E-state index >= 15 is 0 Å². The van der Waals surface area contributed by atoms with Gasteiger partial charge in [-0.3, -0.25) is 9.78 Å². The van der Waals surface area contributed by atoms with E-state index < -0.39 is 11.7 Å². The standard InChI is InChI=1S/C25H22FN7O3/c1-15-29-23(32-36-15)16-4-7-19(20(26)12-16)21-8-5-18(14-28-21)24(34)30-22-9-6-17(13-27)25(31-22)35-11-10-33(2)3/h4-9,12,14H,10-11H2,1-3H3,(H,30,31,34). The molecule has 4 rings (SSSR count). The van der Waals surface area contributed by atoms with Crippen LogP contribution in [0.2, 0.25) is 0 Å². The van der Waals surface area contributed by atoms with Crippen LogP contribution in [-0.2, 0) is 0 Å². The number of likely N-dealkylation sites (N-methyl/N-ethyl adjacent to an activating group) is 1. The molecule has 0 bridgehead atoms. The van der Waals surface area contributed by atoms with Crippen molar-refractivity contribution < 1.29 is 18.4 Å². The highest BCUT2D eigenvalue weighted by Crippen LogP contribution is 2.26. The lowest BCUT2D eigenvalue weighted by molar-refractivity contribution is 0.102. The second-order valence-corrected chi connectivity index (χ2v) is 8.03. The number of nitriles is 1. The van der Waals surface area contributed by atoms with Gasteiger partial charge in [-0.2, -0.15) is 15.2 Å². The van der Waals surface area contributed by atoms with E-state index in [1.165, 1.54) is 30.5 Å². The Balaban J connectivity index is 1.46. The predicted octanol–water partition coefficient (Wildman–Crippen LogP) is 3.71. The molecule has 182 valence electrons. The zero-order valence-corrected chi connectivity index (χ0v) is 19.8. The molecule has 10 nitrogen and oxygen atoms in total. The number of benzene rings is 1. The Hall–Kier alpha value is -4.69. The Labute approximate surface area is 206 Å². The third-order valence-corrected chi connectivity index (χ3v) is 5.06. The summed E-state index contributed by atoms with van der Waals surface area (Å²) in [5, 5.41) is 15.7. The minimum absolute atomic E-state index is 0.139. The van der Waals surface area contributed by atoms with Crippen molar-refractivity contribution in [1.29, 1.82) is 5.26 Å². The molecule has 0 unspecified atom stereocenters. The lowest BCUT2D eigenvalue weighted by atomic mass is 10.1. The number of anilines is 1. The number of pyridine rings is 2. The molecule has 11 heteroatoms. The molecule has 0 aliphatic rings. The van der Waals surface area contributed by atoms with Gasteiger partial charge in [0.1, 0.15) is 29.9 Å². The second kappa shape index (κ2) is 10.7. The van der Waals surface area contributed by atoms with E-state index in [1.54, 1.807) is 25.1 Å². The summed E-state index contributed by atoms with van der Waals surface area (Å²) in [5.41, 5.74) is 1.61. The topological polar surface area (TPSA) is 130 Å². The van der Waals surface area contributed by atoms with Gasteiger partial charge in [0.15, 0.2) is 0 Å². The van der Waals surface area contributed by atoms with Gasteiger partial charge in [-0.15, -0.1) is 0 Å². The molecule has 0 atom stereocenters. The van der Waals surface area contributed by atoms with E-state index in [9.17, 15) is 14.4 Å². The summed E-state index contributed by atoms with van der Waals surface area (Å²) in [6, 6.07) is 12.7. The zero-order valence-electron chi connectivity index (χ0n) is 19.8. The fourth-order valence-corrected chi connectivity index (χ4v) is 3.18. The summed E-state index contributed by atoms with van der Waals surface area (Å²) in [7, 11) is 3.80. The van der Waals surface area contributed by atoms with E-state index in [1.807, 2.05) is 25.1 Å². The van der Waals surface area contributed by atoms with Gasteiger partial charge in [-0.1, -0.05) is 11.2 Å². The first-order valence-corrected chi connectivity index (χ1v) is 10.9. The van der Waals surface area contributed by atoms with E-state index in [2.05, 4.69) is 25.4 Å². The molecule has 0 saturated carbocycles. The number of hydrogen-bond acceptors (Lipinski definition) is 9. The molecule has 1 aromatic carbocycles. The van der Waals surface area contributed by atoms with Crippen molar-refractivity contribution in [1.82, 2.24) is 25.0 Å². The van der Waals surface area contributed by atoms with Crippen molar-refractivity contribution in [3.63, 3.8) is 0 Å². The highest BCUT2D eigenvalue weighted by atomic mass is 19.1. The molecule has 36 heavy (non-hydrogen) atoms. The Kier molecular flexibility index (Phi) is 7.27. The first-order valence-electron chi connectivity index (χ1n) is 10.9. The molecule has 3 aromatic heterocycles. The van der Waals surface area contributed by atoms with Crippen LogP contribution in [0.1, 0.15) is 21.8 Å². The third kappa shape index (κ3) is 5.68. The van der Waals surface area contributed by atoms with Gasteiger partial charge in [0, 0.05) is 30.8 Å². The van der Waals surface area contributed by atoms with Crippen molar-refractivity contribution >= 4 is 11.7 Å². The molecule has 4 aromatic rings. The maximum Gasteiger partial charge on any atom is 0.258 e. The molecule has 1 N–H and O–H groups in total. The number of nitrogens with zero attached hydrogens (tertiary/aromatic N) is 6.